The molecule has 0 amide bonds. The van der Waals surface area contributed by atoms with E-state index in [9.17, 15) is 33.8 Å². The third kappa shape index (κ3) is 40.8. The van der Waals surface area contributed by atoms with E-state index in [1.807, 2.05) is 31.2 Å². The fraction of sp³-hybridized carbons (Fsp3) is 0.805. The van der Waals surface area contributed by atoms with Gasteiger partial charge in [0.1, 0.15) is 12.7 Å². The number of ether oxygens (including phenoxy) is 2. The second kappa shape index (κ2) is 36.2. The Hall–Kier alpha value is -1.70. The third-order valence-corrected chi connectivity index (χ3v) is 10.2. The maximum Gasteiger partial charge on any atom is 0.472 e. The van der Waals surface area contributed by atoms with E-state index in [1.54, 1.807) is 6.08 Å². The minimum absolute atomic E-state index is 0.0856. The number of unbranched alkanes of at least 4 members (excludes halogenated alkanes) is 15. The van der Waals surface area contributed by atoms with Crippen LogP contribution in [0.25, 0.3) is 0 Å². The predicted molar refractivity (Wildman–Crippen MR) is 222 cm³/mol. The summed E-state index contributed by atoms with van der Waals surface area (Å²) in [5.74, 6) is -0.303. The number of allylic oxidation sites excluding steroid dienone is 4. The normalized spacial score (nSPS) is 15.1. The van der Waals surface area contributed by atoms with Crippen molar-refractivity contribution in [3.8, 4) is 0 Å². The Morgan fingerprint density at radius 3 is 1.72 bits per heavy atom. The van der Waals surface area contributed by atoms with E-state index in [2.05, 4.69) is 29.0 Å². The number of phosphoric ester groups is 2. The SMILES string of the molecule is CC/C=C/CC(O)/C=C/C=C/CCCCCCCC(=O)O[C@H](COC(=O)CCCCCCCCCCCCCC(C)C)COP(=O)(O)OC[C@@H](O)COP(=O)(O)O. The summed E-state index contributed by atoms with van der Waals surface area (Å²) in [4.78, 5) is 52.6. The smallest absolute Gasteiger partial charge is 0.462 e. The molecule has 0 aliphatic carbocycles. The zero-order valence-corrected chi connectivity index (χ0v) is 36.8. The molecule has 0 rings (SSSR count). The van der Waals surface area contributed by atoms with Crippen molar-refractivity contribution in [2.75, 3.05) is 26.4 Å². The fourth-order valence-corrected chi connectivity index (χ4v) is 6.72. The molecule has 0 aliphatic heterocycles. The Balaban J connectivity index is 4.60. The highest BCUT2D eigenvalue weighted by Gasteiger charge is 2.28. The molecular formula is C41H76O14P2. The van der Waals surface area contributed by atoms with E-state index in [-0.39, 0.29) is 12.8 Å². The van der Waals surface area contributed by atoms with Gasteiger partial charge in [-0.15, -0.1) is 0 Å². The summed E-state index contributed by atoms with van der Waals surface area (Å²) >= 11 is 0. The molecule has 0 spiro atoms. The molecule has 0 aromatic heterocycles. The molecule has 0 aromatic carbocycles. The van der Waals surface area contributed by atoms with Gasteiger partial charge in [-0.05, 0) is 44.4 Å². The van der Waals surface area contributed by atoms with Gasteiger partial charge < -0.3 is 34.4 Å². The average Bonchev–Trinajstić information content (AvgIpc) is 3.14. The van der Waals surface area contributed by atoms with Gasteiger partial charge in [0.25, 0.3) is 0 Å². The summed E-state index contributed by atoms with van der Waals surface area (Å²) in [6.07, 6.45) is 29.1. The van der Waals surface area contributed by atoms with Gasteiger partial charge in [-0.3, -0.25) is 23.2 Å². The third-order valence-electron chi connectivity index (χ3n) is 8.79. The van der Waals surface area contributed by atoms with Crippen LogP contribution in [0.3, 0.4) is 0 Å². The van der Waals surface area contributed by atoms with Gasteiger partial charge in [-0.2, -0.15) is 0 Å². The van der Waals surface area contributed by atoms with Gasteiger partial charge in [-0.25, -0.2) is 9.13 Å². The molecule has 14 nitrogen and oxygen atoms in total. The molecule has 57 heavy (non-hydrogen) atoms. The molecule has 334 valence electrons. The van der Waals surface area contributed by atoms with Crippen molar-refractivity contribution in [1.29, 1.82) is 0 Å². The maximum absolute atomic E-state index is 12.6. The van der Waals surface area contributed by atoms with E-state index >= 15 is 0 Å². The van der Waals surface area contributed by atoms with Gasteiger partial charge in [0.15, 0.2) is 6.10 Å². The van der Waals surface area contributed by atoms with E-state index in [4.69, 9.17) is 23.8 Å². The van der Waals surface area contributed by atoms with Crippen molar-refractivity contribution in [2.45, 2.75) is 180 Å². The summed E-state index contributed by atoms with van der Waals surface area (Å²) in [5.41, 5.74) is 0. The number of carbonyl (C=O) groups excluding carboxylic acids is 2. The monoisotopic (exact) mass is 854 g/mol. The van der Waals surface area contributed by atoms with Crippen LogP contribution in [0, 0.1) is 5.92 Å². The van der Waals surface area contributed by atoms with Crippen LogP contribution >= 0.6 is 15.6 Å². The largest absolute Gasteiger partial charge is 0.472 e. The van der Waals surface area contributed by atoms with Crippen LogP contribution in [0.5, 0.6) is 0 Å². The van der Waals surface area contributed by atoms with Crippen LogP contribution in [-0.4, -0.2) is 81.6 Å². The van der Waals surface area contributed by atoms with Crippen molar-refractivity contribution < 1.29 is 66.7 Å². The molecule has 0 radical (unpaired) electrons. The summed E-state index contributed by atoms with van der Waals surface area (Å²) < 4.78 is 47.7. The van der Waals surface area contributed by atoms with Crippen molar-refractivity contribution in [2.24, 2.45) is 5.92 Å². The second-order valence-electron chi connectivity index (χ2n) is 14.9. The maximum atomic E-state index is 12.6. The Kier molecular flexibility index (Phi) is 35.1. The summed E-state index contributed by atoms with van der Waals surface area (Å²) in [7, 11) is -9.69. The number of carbonyl (C=O) groups is 2. The number of phosphoric acid groups is 2. The molecule has 0 saturated heterocycles. The lowest BCUT2D eigenvalue weighted by Crippen LogP contribution is -2.30. The summed E-state index contributed by atoms with van der Waals surface area (Å²) in [6.45, 7) is 3.81. The lowest BCUT2D eigenvalue weighted by Gasteiger charge is -2.20. The second-order valence-corrected chi connectivity index (χ2v) is 17.6. The lowest BCUT2D eigenvalue weighted by atomic mass is 10.0. The highest BCUT2D eigenvalue weighted by molar-refractivity contribution is 7.47. The summed E-state index contributed by atoms with van der Waals surface area (Å²) in [6, 6.07) is 0. The molecule has 5 N–H and O–H groups in total. The Morgan fingerprint density at radius 2 is 1.14 bits per heavy atom. The zero-order chi connectivity index (χ0) is 42.6. The molecule has 0 aromatic rings. The number of esters is 2. The molecular weight excluding hydrogens is 778 g/mol. The van der Waals surface area contributed by atoms with Crippen LogP contribution in [0.2, 0.25) is 0 Å². The van der Waals surface area contributed by atoms with E-state index in [1.165, 1.54) is 51.4 Å². The van der Waals surface area contributed by atoms with Crippen LogP contribution in [0.15, 0.2) is 36.5 Å². The highest BCUT2D eigenvalue weighted by Crippen LogP contribution is 2.43. The van der Waals surface area contributed by atoms with E-state index in [0.29, 0.717) is 19.3 Å². The molecule has 0 heterocycles. The number of aliphatic hydroxyl groups is 2. The minimum Gasteiger partial charge on any atom is -0.462 e. The highest BCUT2D eigenvalue weighted by atomic mass is 31.2. The number of hydrogen-bond donors (Lipinski definition) is 5. The Labute approximate surface area is 342 Å². The molecule has 4 atom stereocenters. The van der Waals surface area contributed by atoms with Crippen molar-refractivity contribution in [3.63, 3.8) is 0 Å². The molecule has 16 heteroatoms. The molecule has 0 aliphatic rings. The number of rotatable bonds is 39. The Bertz CT molecular complexity index is 1190. The van der Waals surface area contributed by atoms with Gasteiger partial charge in [0.05, 0.1) is 25.9 Å². The molecule has 0 fully saturated rings. The van der Waals surface area contributed by atoms with Gasteiger partial charge in [-0.1, -0.05) is 147 Å². The van der Waals surface area contributed by atoms with Gasteiger partial charge >= 0.3 is 27.6 Å². The lowest BCUT2D eigenvalue weighted by molar-refractivity contribution is -0.161. The molecule has 2 unspecified atom stereocenters. The Morgan fingerprint density at radius 1 is 0.614 bits per heavy atom. The van der Waals surface area contributed by atoms with Crippen molar-refractivity contribution in [3.05, 3.63) is 36.5 Å². The standard InChI is InChI=1S/C41H76O14P2/c1-4-5-22-28-37(42)29-24-19-15-11-9-13-17-21-26-31-41(45)55-39(35-54-57(49,50)53-33-38(43)32-52-56(46,47)48)34-51-40(44)30-25-20-16-12-8-6-7-10-14-18-23-27-36(2)3/h5,15,19,22,24,29,36-39,42-43H,4,6-14,16-18,20-21,23,25-28,30-35H2,1-3H3,(H,49,50)(H2,46,47,48)/b19-15+,22-5+,29-24+/t37?,38-,39+/m0/s1. The molecule has 0 saturated carbocycles. The molecule has 0 bridgehead atoms. The van der Waals surface area contributed by atoms with Gasteiger partial charge in [0, 0.05) is 12.8 Å². The van der Waals surface area contributed by atoms with E-state index < -0.39 is 72.3 Å². The number of aliphatic hydroxyl groups excluding tert-OH is 2. The first-order chi connectivity index (χ1) is 27.1. The fourth-order valence-electron chi connectivity index (χ4n) is 5.57. The summed E-state index contributed by atoms with van der Waals surface area (Å²) in [5, 5.41) is 19.6. The number of hydrogen-bond acceptors (Lipinski definition) is 11. The van der Waals surface area contributed by atoms with Gasteiger partial charge in [0.2, 0.25) is 0 Å². The van der Waals surface area contributed by atoms with Crippen LogP contribution in [-0.2, 0) is 41.8 Å². The first-order valence-corrected chi connectivity index (χ1v) is 24.2. The van der Waals surface area contributed by atoms with Crippen LogP contribution in [0.1, 0.15) is 162 Å². The first kappa shape index (κ1) is 55.3. The van der Waals surface area contributed by atoms with Crippen LogP contribution < -0.4 is 0 Å². The van der Waals surface area contributed by atoms with Crippen molar-refractivity contribution in [1.82, 2.24) is 0 Å². The predicted octanol–water partition coefficient (Wildman–Crippen LogP) is 9.33. The first-order valence-electron chi connectivity index (χ1n) is 21.1. The topological polar surface area (TPSA) is 216 Å². The minimum atomic E-state index is -4.87. The zero-order valence-electron chi connectivity index (χ0n) is 35.0. The quantitative estimate of drug-likeness (QED) is 0.0128. The van der Waals surface area contributed by atoms with Crippen LogP contribution in [0.4, 0.5) is 0 Å². The average molecular weight is 855 g/mol. The van der Waals surface area contributed by atoms with E-state index in [0.717, 1.165) is 63.7 Å². The van der Waals surface area contributed by atoms with Crippen molar-refractivity contribution >= 4 is 27.6 Å².